The van der Waals surface area contributed by atoms with E-state index in [9.17, 15) is 13.2 Å². The lowest BCUT2D eigenvalue weighted by Crippen LogP contribution is -2.25. The molecule has 146 valence electrons. The van der Waals surface area contributed by atoms with Crippen LogP contribution in [0, 0.1) is 34.8 Å². The summed E-state index contributed by atoms with van der Waals surface area (Å²) in [6.07, 6.45) is 9.26. The van der Waals surface area contributed by atoms with Crippen molar-refractivity contribution in [2.75, 3.05) is 6.61 Å². The maximum absolute atomic E-state index is 13.4. The van der Waals surface area contributed by atoms with E-state index < -0.39 is 17.5 Å². The Hall–Kier alpha value is -1.80. The number of nitriles is 1. The van der Waals surface area contributed by atoms with Crippen LogP contribution in [0.15, 0.2) is 30.1 Å². The third-order valence-corrected chi connectivity index (χ3v) is 6.04. The molecule has 2 aliphatic rings. The van der Waals surface area contributed by atoms with Crippen LogP contribution in [0.5, 0.6) is 0 Å². The van der Waals surface area contributed by atoms with Crippen molar-refractivity contribution in [1.82, 2.24) is 0 Å². The van der Waals surface area contributed by atoms with Crippen LogP contribution in [0.1, 0.15) is 62.8 Å². The summed E-state index contributed by atoms with van der Waals surface area (Å²) in [6, 6.07) is 5.76. The number of halogens is 3. The molecule has 2 aliphatic carbocycles. The van der Waals surface area contributed by atoms with E-state index in [2.05, 4.69) is 0 Å². The Labute approximate surface area is 159 Å². The van der Waals surface area contributed by atoms with Crippen molar-refractivity contribution in [3.8, 4) is 6.07 Å². The molecule has 0 aromatic heterocycles. The molecule has 27 heavy (non-hydrogen) atoms. The lowest BCUT2D eigenvalue weighted by molar-refractivity contribution is -0.00341. The van der Waals surface area contributed by atoms with Gasteiger partial charge in [0.15, 0.2) is 17.5 Å². The summed E-state index contributed by atoms with van der Waals surface area (Å²) in [4.78, 5) is 0. The predicted octanol–water partition coefficient (Wildman–Crippen LogP) is 6.19. The highest BCUT2D eigenvalue weighted by molar-refractivity contribution is 5.22. The van der Waals surface area contributed by atoms with Crippen molar-refractivity contribution in [2.24, 2.45) is 11.8 Å². The molecule has 0 bridgehead atoms. The van der Waals surface area contributed by atoms with Crippen molar-refractivity contribution in [2.45, 2.75) is 63.4 Å². The second-order valence-corrected chi connectivity index (χ2v) is 7.89. The SMILES string of the molecule is N#C/C(F)=C\C1CCC(COC2CCC(c3ccc(F)c(F)c3)CC2)CC1. The maximum Gasteiger partial charge on any atom is 0.196 e. The van der Waals surface area contributed by atoms with Gasteiger partial charge in [-0.2, -0.15) is 9.65 Å². The molecule has 0 amide bonds. The molecule has 0 radical (unpaired) electrons. The van der Waals surface area contributed by atoms with Crippen molar-refractivity contribution in [3.05, 3.63) is 47.3 Å². The summed E-state index contributed by atoms with van der Waals surface area (Å²) in [5, 5.41) is 8.51. The van der Waals surface area contributed by atoms with Gasteiger partial charge in [-0.05, 0) is 92.9 Å². The normalized spacial score (nSPS) is 29.3. The summed E-state index contributed by atoms with van der Waals surface area (Å²) in [7, 11) is 0. The van der Waals surface area contributed by atoms with Gasteiger partial charge < -0.3 is 4.74 Å². The topological polar surface area (TPSA) is 33.0 Å². The minimum absolute atomic E-state index is 0.174. The van der Waals surface area contributed by atoms with Crippen LogP contribution in [0.25, 0.3) is 0 Å². The molecule has 0 atom stereocenters. The molecular formula is C22H26F3NO. The predicted molar refractivity (Wildman–Crippen MR) is 97.6 cm³/mol. The number of ether oxygens (including phenoxy) is 1. The van der Waals surface area contributed by atoms with Gasteiger partial charge in [-0.3, -0.25) is 0 Å². The highest BCUT2D eigenvalue weighted by Gasteiger charge is 2.26. The number of allylic oxidation sites excluding steroid dienone is 2. The molecule has 3 rings (SSSR count). The van der Waals surface area contributed by atoms with Crippen molar-refractivity contribution >= 4 is 0 Å². The quantitative estimate of drug-likeness (QED) is 0.573. The van der Waals surface area contributed by atoms with E-state index in [0.29, 0.717) is 5.92 Å². The fraction of sp³-hybridized carbons (Fsp3) is 0.591. The summed E-state index contributed by atoms with van der Waals surface area (Å²) >= 11 is 0. The van der Waals surface area contributed by atoms with Gasteiger partial charge in [0, 0.05) is 6.61 Å². The van der Waals surface area contributed by atoms with Gasteiger partial charge in [0.2, 0.25) is 0 Å². The molecule has 0 N–H and O–H groups in total. The molecule has 2 nitrogen and oxygen atoms in total. The average molecular weight is 377 g/mol. The van der Waals surface area contributed by atoms with Gasteiger partial charge in [-0.1, -0.05) is 6.07 Å². The van der Waals surface area contributed by atoms with Crippen LogP contribution in [-0.4, -0.2) is 12.7 Å². The zero-order valence-electron chi connectivity index (χ0n) is 15.5. The standard InChI is InChI=1S/C22H26F3NO/c23-19(13-26)11-15-1-3-16(4-2-15)14-27-20-8-5-17(6-9-20)18-7-10-21(24)22(25)12-18/h7,10-12,15-17,20H,1-6,8-9,14H2/b19-11+. The monoisotopic (exact) mass is 377 g/mol. The molecule has 0 spiro atoms. The van der Waals surface area contributed by atoms with Gasteiger partial charge in [0.25, 0.3) is 0 Å². The van der Waals surface area contributed by atoms with Crippen LogP contribution in [0.4, 0.5) is 13.2 Å². The minimum atomic E-state index is -0.795. The van der Waals surface area contributed by atoms with Gasteiger partial charge in [0.05, 0.1) is 6.10 Å². The van der Waals surface area contributed by atoms with E-state index in [0.717, 1.165) is 63.5 Å². The van der Waals surface area contributed by atoms with E-state index >= 15 is 0 Å². The van der Waals surface area contributed by atoms with Gasteiger partial charge >= 0.3 is 0 Å². The minimum Gasteiger partial charge on any atom is -0.378 e. The number of benzene rings is 1. The highest BCUT2D eigenvalue weighted by atomic mass is 19.2. The van der Waals surface area contributed by atoms with Crippen LogP contribution >= 0.6 is 0 Å². The fourth-order valence-corrected chi connectivity index (χ4v) is 4.37. The molecule has 5 heteroatoms. The van der Waals surface area contributed by atoms with E-state index in [4.69, 9.17) is 10.00 Å². The summed E-state index contributed by atoms with van der Waals surface area (Å²) in [5.41, 5.74) is 0.878. The smallest absolute Gasteiger partial charge is 0.196 e. The Morgan fingerprint density at radius 2 is 1.74 bits per heavy atom. The first-order chi connectivity index (χ1) is 13.0. The summed E-state index contributed by atoms with van der Waals surface area (Å²) < 4.78 is 45.6. The third kappa shape index (κ3) is 5.59. The average Bonchev–Trinajstić information content (AvgIpc) is 2.70. The van der Waals surface area contributed by atoms with E-state index in [1.54, 1.807) is 12.1 Å². The summed E-state index contributed by atoms with van der Waals surface area (Å²) in [6.45, 7) is 0.734. The molecule has 1 aromatic carbocycles. The maximum atomic E-state index is 13.4. The lowest BCUT2D eigenvalue weighted by Gasteiger charge is -2.32. The highest BCUT2D eigenvalue weighted by Crippen LogP contribution is 2.36. The Balaban J connectivity index is 1.38. The van der Waals surface area contributed by atoms with Crippen LogP contribution in [0.3, 0.4) is 0 Å². The fourth-order valence-electron chi connectivity index (χ4n) is 4.37. The number of hydrogen-bond acceptors (Lipinski definition) is 2. The molecule has 2 fully saturated rings. The second kappa shape index (κ2) is 9.41. The third-order valence-electron chi connectivity index (χ3n) is 6.04. The van der Waals surface area contributed by atoms with Crippen LogP contribution in [-0.2, 0) is 4.74 Å². The van der Waals surface area contributed by atoms with Crippen molar-refractivity contribution in [1.29, 1.82) is 5.26 Å². The van der Waals surface area contributed by atoms with Crippen LogP contribution in [0.2, 0.25) is 0 Å². The molecule has 0 unspecified atom stereocenters. The molecule has 0 saturated heterocycles. The Bertz CT molecular complexity index is 696. The number of nitrogens with zero attached hydrogens (tertiary/aromatic N) is 1. The van der Waals surface area contributed by atoms with E-state index in [1.165, 1.54) is 18.2 Å². The molecular weight excluding hydrogens is 351 g/mol. The van der Waals surface area contributed by atoms with Crippen molar-refractivity contribution in [3.63, 3.8) is 0 Å². The van der Waals surface area contributed by atoms with Gasteiger partial charge in [0.1, 0.15) is 6.07 Å². The van der Waals surface area contributed by atoms with E-state index in [1.807, 2.05) is 0 Å². The second-order valence-electron chi connectivity index (χ2n) is 7.89. The molecule has 2 saturated carbocycles. The lowest BCUT2D eigenvalue weighted by atomic mass is 9.81. The largest absolute Gasteiger partial charge is 0.378 e. The zero-order chi connectivity index (χ0) is 19.2. The first-order valence-electron chi connectivity index (χ1n) is 9.89. The Morgan fingerprint density at radius 1 is 1.04 bits per heavy atom. The first kappa shape index (κ1) is 19.9. The number of hydrogen-bond donors (Lipinski definition) is 0. The van der Waals surface area contributed by atoms with E-state index in [-0.39, 0.29) is 17.9 Å². The molecule has 1 aromatic rings. The zero-order valence-corrected chi connectivity index (χ0v) is 15.5. The van der Waals surface area contributed by atoms with Crippen molar-refractivity contribution < 1.29 is 17.9 Å². The van der Waals surface area contributed by atoms with Crippen LogP contribution < -0.4 is 0 Å². The Kier molecular flexibility index (Phi) is 6.95. The Morgan fingerprint density at radius 3 is 2.37 bits per heavy atom. The van der Waals surface area contributed by atoms with Gasteiger partial charge in [-0.15, -0.1) is 0 Å². The molecule has 0 aliphatic heterocycles. The number of rotatable bonds is 5. The molecule has 0 heterocycles. The van der Waals surface area contributed by atoms with Gasteiger partial charge in [-0.25, -0.2) is 8.78 Å². The summed E-state index contributed by atoms with van der Waals surface area (Å²) in [5.74, 6) is -1.29. The first-order valence-corrected chi connectivity index (χ1v) is 9.89.